The van der Waals surface area contributed by atoms with Gasteiger partial charge in [-0.05, 0) is 19.1 Å². The Morgan fingerprint density at radius 2 is 2.06 bits per heavy atom. The molecular formula is C11H20N2O3S. The van der Waals surface area contributed by atoms with Gasteiger partial charge in [0.15, 0.2) is 0 Å². The molecule has 1 atom stereocenters. The van der Waals surface area contributed by atoms with Crippen molar-refractivity contribution < 1.29 is 12.8 Å². The largest absolute Gasteiger partial charge is 0.469 e. The van der Waals surface area contributed by atoms with Crippen LogP contribution in [0.2, 0.25) is 0 Å². The number of furan rings is 1. The molecule has 0 bridgehead atoms. The molecule has 98 valence electrons. The average molecular weight is 260 g/mol. The minimum Gasteiger partial charge on any atom is -0.469 e. The Balaban J connectivity index is 2.58. The monoisotopic (exact) mass is 260 g/mol. The summed E-state index contributed by atoms with van der Waals surface area (Å²) in [5.74, 6) is 0.778. The highest BCUT2D eigenvalue weighted by molar-refractivity contribution is 7.87. The van der Waals surface area contributed by atoms with E-state index in [4.69, 9.17) is 4.42 Å². The molecule has 17 heavy (non-hydrogen) atoms. The summed E-state index contributed by atoms with van der Waals surface area (Å²) in [7, 11) is -3.38. The van der Waals surface area contributed by atoms with Crippen molar-refractivity contribution in [2.75, 3.05) is 13.1 Å². The second kappa shape index (κ2) is 6.18. The minimum absolute atomic E-state index is 0.188. The summed E-state index contributed by atoms with van der Waals surface area (Å²) in [6.07, 6.45) is 2.13. The van der Waals surface area contributed by atoms with E-state index in [0.717, 1.165) is 5.76 Å². The Morgan fingerprint density at radius 1 is 1.41 bits per heavy atom. The van der Waals surface area contributed by atoms with Crippen molar-refractivity contribution in [3.05, 3.63) is 24.2 Å². The van der Waals surface area contributed by atoms with Crippen LogP contribution in [0.15, 0.2) is 22.8 Å². The zero-order chi connectivity index (χ0) is 12.9. The van der Waals surface area contributed by atoms with Crippen LogP contribution >= 0.6 is 0 Å². The molecule has 1 N–H and O–H groups in total. The van der Waals surface area contributed by atoms with Crippen molar-refractivity contribution in [1.29, 1.82) is 0 Å². The van der Waals surface area contributed by atoms with E-state index in [1.54, 1.807) is 12.3 Å². The number of nitrogens with zero attached hydrogens (tertiary/aromatic N) is 1. The lowest BCUT2D eigenvalue weighted by Gasteiger charge is -2.21. The quantitative estimate of drug-likeness (QED) is 0.805. The van der Waals surface area contributed by atoms with Gasteiger partial charge in [0.25, 0.3) is 10.2 Å². The van der Waals surface area contributed by atoms with Gasteiger partial charge in [0.2, 0.25) is 0 Å². The van der Waals surface area contributed by atoms with Crippen molar-refractivity contribution >= 4 is 10.2 Å². The predicted octanol–water partition coefficient (Wildman–Crippen LogP) is 1.39. The molecule has 0 radical (unpaired) electrons. The maximum atomic E-state index is 11.9. The van der Waals surface area contributed by atoms with Gasteiger partial charge in [-0.25, -0.2) is 0 Å². The van der Waals surface area contributed by atoms with Crippen LogP contribution in [0.1, 0.15) is 26.5 Å². The third-order valence-corrected chi connectivity index (χ3v) is 4.38. The van der Waals surface area contributed by atoms with Crippen LogP contribution in [-0.4, -0.2) is 31.9 Å². The van der Waals surface area contributed by atoms with Gasteiger partial charge in [-0.3, -0.25) is 0 Å². The van der Waals surface area contributed by atoms with Crippen LogP contribution < -0.4 is 4.72 Å². The third-order valence-electron chi connectivity index (χ3n) is 2.48. The summed E-state index contributed by atoms with van der Waals surface area (Å²) in [6.45, 7) is 6.40. The van der Waals surface area contributed by atoms with Crippen LogP contribution in [-0.2, 0) is 16.6 Å². The van der Waals surface area contributed by atoms with Crippen molar-refractivity contribution in [3.8, 4) is 0 Å². The van der Waals surface area contributed by atoms with Gasteiger partial charge in [0.1, 0.15) is 5.76 Å². The molecule has 1 aromatic heterocycles. The van der Waals surface area contributed by atoms with E-state index in [1.165, 1.54) is 4.31 Å². The molecule has 0 fully saturated rings. The summed E-state index contributed by atoms with van der Waals surface area (Å²) in [5, 5.41) is 0. The molecule has 1 unspecified atom stereocenters. The Labute approximate surface area is 103 Å². The van der Waals surface area contributed by atoms with Gasteiger partial charge in [-0.2, -0.15) is 17.4 Å². The van der Waals surface area contributed by atoms with Gasteiger partial charge < -0.3 is 4.42 Å². The number of hydrogen-bond acceptors (Lipinski definition) is 3. The lowest BCUT2D eigenvalue weighted by molar-refractivity contribution is 0.421. The fraction of sp³-hybridized carbons (Fsp3) is 0.636. The summed E-state index contributed by atoms with van der Waals surface area (Å²) in [4.78, 5) is 0. The first-order valence-electron chi connectivity index (χ1n) is 5.79. The zero-order valence-corrected chi connectivity index (χ0v) is 11.3. The molecule has 0 amide bonds. The molecule has 0 spiro atoms. The van der Waals surface area contributed by atoms with E-state index in [-0.39, 0.29) is 6.04 Å². The topological polar surface area (TPSA) is 62.6 Å². The molecule has 0 saturated carbocycles. The van der Waals surface area contributed by atoms with Crippen molar-refractivity contribution in [2.24, 2.45) is 0 Å². The van der Waals surface area contributed by atoms with E-state index in [0.29, 0.717) is 19.5 Å². The highest BCUT2D eigenvalue weighted by atomic mass is 32.2. The first-order chi connectivity index (χ1) is 7.99. The van der Waals surface area contributed by atoms with Gasteiger partial charge in [0.05, 0.1) is 6.26 Å². The summed E-state index contributed by atoms with van der Waals surface area (Å²) >= 11 is 0. The summed E-state index contributed by atoms with van der Waals surface area (Å²) in [6, 6.07) is 3.44. The second-order valence-corrected chi connectivity index (χ2v) is 5.59. The molecule has 1 rings (SSSR count). The fourth-order valence-corrected chi connectivity index (χ4v) is 3.09. The SMILES string of the molecule is CCN(CC)S(=O)(=O)NC(C)Cc1ccco1. The van der Waals surface area contributed by atoms with Gasteiger partial charge >= 0.3 is 0 Å². The standard InChI is InChI=1S/C11H20N2O3S/c1-4-13(5-2)17(14,15)12-10(3)9-11-7-6-8-16-11/h6-8,10,12H,4-5,9H2,1-3H3. The zero-order valence-electron chi connectivity index (χ0n) is 10.5. The smallest absolute Gasteiger partial charge is 0.279 e. The lowest BCUT2D eigenvalue weighted by Crippen LogP contribution is -2.44. The number of hydrogen-bond donors (Lipinski definition) is 1. The lowest BCUT2D eigenvalue weighted by atomic mass is 10.2. The third kappa shape index (κ3) is 4.14. The Kier molecular flexibility index (Phi) is 5.17. The molecule has 5 nitrogen and oxygen atoms in total. The molecule has 0 aromatic carbocycles. The van der Waals surface area contributed by atoms with Gasteiger partial charge in [-0.1, -0.05) is 13.8 Å². The maximum Gasteiger partial charge on any atom is 0.279 e. The highest BCUT2D eigenvalue weighted by Gasteiger charge is 2.21. The Bertz CT molecular complexity index is 410. The number of rotatable bonds is 7. The summed E-state index contributed by atoms with van der Waals surface area (Å²) in [5.41, 5.74) is 0. The molecule has 0 saturated heterocycles. The highest BCUT2D eigenvalue weighted by Crippen LogP contribution is 2.06. The average Bonchev–Trinajstić information content (AvgIpc) is 2.70. The second-order valence-electron chi connectivity index (χ2n) is 3.89. The van der Waals surface area contributed by atoms with Crippen molar-refractivity contribution in [2.45, 2.75) is 33.2 Å². The van der Waals surface area contributed by atoms with E-state index in [1.807, 2.05) is 26.8 Å². The first-order valence-corrected chi connectivity index (χ1v) is 7.23. The summed E-state index contributed by atoms with van der Waals surface area (Å²) < 4.78 is 33.0. The normalized spacial score (nSPS) is 14.1. The van der Waals surface area contributed by atoms with Crippen LogP contribution in [0.5, 0.6) is 0 Å². The molecule has 0 aliphatic carbocycles. The fourth-order valence-electron chi connectivity index (χ4n) is 1.66. The molecule has 1 heterocycles. The Morgan fingerprint density at radius 3 is 2.53 bits per heavy atom. The van der Waals surface area contributed by atoms with Gasteiger partial charge in [-0.15, -0.1) is 0 Å². The first kappa shape index (κ1) is 14.2. The molecule has 0 aliphatic heterocycles. The van der Waals surface area contributed by atoms with Crippen LogP contribution in [0.25, 0.3) is 0 Å². The van der Waals surface area contributed by atoms with Crippen molar-refractivity contribution in [3.63, 3.8) is 0 Å². The van der Waals surface area contributed by atoms with E-state index in [2.05, 4.69) is 4.72 Å². The number of nitrogens with one attached hydrogen (secondary N) is 1. The molecule has 0 aliphatic rings. The van der Waals surface area contributed by atoms with Crippen LogP contribution in [0.3, 0.4) is 0 Å². The van der Waals surface area contributed by atoms with Crippen molar-refractivity contribution in [1.82, 2.24) is 9.03 Å². The Hall–Kier alpha value is -0.850. The van der Waals surface area contributed by atoms with E-state index < -0.39 is 10.2 Å². The predicted molar refractivity (Wildman–Crippen MR) is 66.9 cm³/mol. The van der Waals surface area contributed by atoms with Crippen LogP contribution in [0, 0.1) is 0 Å². The van der Waals surface area contributed by atoms with E-state index in [9.17, 15) is 8.42 Å². The van der Waals surface area contributed by atoms with Gasteiger partial charge in [0, 0.05) is 25.6 Å². The van der Waals surface area contributed by atoms with Crippen LogP contribution in [0.4, 0.5) is 0 Å². The minimum atomic E-state index is -3.38. The maximum absolute atomic E-state index is 11.9. The van der Waals surface area contributed by atoms with E-state index >= 15 is 0 Å². The molecular weight excluding hydrogens is 240 g/mol. The molecule has 6 heteroatoms. The molecule has 1 aromatic rings.